The molecular weight excluding hydrogens is 268 g/mol. The summed E-state index contributed by atoms with van der Waals surface area (Å²) in [5.41, 5.74) is 0. The minimum absolute atomic E-state index is 0.0294. The van der Waals surface area contributed by atoms with Crippen LogP contribution in [0.2, 0.25) is 0 Å². The van der Waals surface area contributed by atoms with E-state index in [1.54, 1.807) is 0 Å². The Bertz CT molecular complexity index is 542. The van der Waals surface area contributed by atoms with E-state index >= 15 is 0 Å². The summed E-state index contributed by atoms with van der Waals surface area (Å²) in [6.45, 7) is 0.949. The van der Waals surface area contributed by atoms with Gasteiger partial charge in [-0.1, -0.05) is 0 Å². The lowest BCUT2D eigenvalue weighted by Gasteiger charge is -2.33. The molecule has 0 atom stereocenters. The molecule has 2 rings (SSSR count). The van der Waals surface area contributed by atoms with Crippen molar-refractivity contribution in [1.82, 2.24) is 9.21 Å². The Morgan fingerprint density at radius 3 is 2.42 bits per heavy atom. The van der Waals surface area contributed by atoms with Crippen molar-refractivity contribution in [2.45, 2.75) is 24.0 Å². The number of carbonyl (C=O) groups excluding carboxylic acids is 1. The van der Waals surface area contributed by atoms with Crippen LogP contribution in [0.3, 0.4) is 0 Å². The second-order valence-corrected chi connectivity index (χ2v) is 6.74. The molecule has 0 unspecified atom stereocenters. The molecule has 0 radical (unpaired) electrons. The monoisotopic (exact) mass is 286 g/mol. The fraction of sp³-hybridized carbons (Fsp3) is 0.583. The molecule has 0 amide bonds. The van der Waals surface area contributed by atoms with Crippen LogP contribution in [0, 0.1) is 0 Å². The van der Waals surface area contributed by atoms with E-state index in [1.807, 2.05) is 14.1 Å². The van der Waals surface area contributed by atoms with Gasteiger partial charge >= 0.3 is 0 Å². The SMILES string of the molecule is CN(C)C1CCN(S(=O)(=O)c2ccc(C=O)o2)CC1. The Morgan fingerprint density at radius 2 is 1.95 bits per heavy atom. The maximum absolute atomic E-state index is 12.3. The second-order valence-electron chi connectivity index (χ2n) is 4.87. The number of piperidine rings is 1. The summed E-state index contributed by atoms with van der Waals surface area (Å²) in [5.74, 6) is 0.0294. The van der Waals surface area contributed by atoms with E-state index in [0.717, 1.165) is 12.8 Å². The molecule has 0 aromatic carbocycles. The predicted octanol–water partition coefficient (Wildman–Crippen LogP) is 0.807. The molecule has 1 saturated heterocycles. The van der Waals surface area contributed by atoms with Gasteiger partial charge in [0.2, 0.25) is 5.09 Å². The van der Waals surface area contributed by atoms with E-state index in [-0.39, 0.29) is 10.9 Å². The molecule has 1 aromatic heterocycles. The van der Waals surface area contributed by atoms with Crippen molar-refractivity contribution in [1.29, 1.82) is 0 Å². The average molecular weight is 286 g/mol. The highest BCUT2D eigenvalue weighted by Crippen LogP contribution is 2.23. The third kappa shape index (κ3) is 2.88. The maximum Gasteiger partial charge on any atom is 0.276 e. The Kier molecular flexibility index (Phi) is 4.07. The van der Waals surface area contributed by atoms with Gasteiger partial charge in [-0.05, 0) is 39.1 Å². The van der Waals surface area contributed by atoms with Gasteiger partial charge in [-0.15, -0.1) is 0 Å². The summed E-state index contributed by atoms with van der Waals surface area (Å²) in [5, 5.41) is -0.155. The van der Waals surface area contributed by atoms with Gasteiger partial charge in [0.25, 0.3) is 10.0 Å². The highest BCUT2D eigenvalue weighted by molar-refractivity contribution is 7.89. The minimum atomic E-state index is -3.61. The molecule has 2 heterocycles. The zero-order chi connectivity index (χ0) is 14.0. The van der Waals surface area contributed by atoms with Crippen LogP contribution in [-0.2, 0) is 10.0 Å². The molecule has 0 bridgehead atoms. The minimum Gasteiger partial charge on any atom is -0.440 e. The standard InChI is InChI=1S/C12H18N2O4S/c1-13(2)10-5-7-14(8-6-10)19(16,17)12-4-3-11(9-15)18-12/h3-4,9-10H,5-8H2,1-2H3. The Balaban J connectivity index is 2.11. The summed E-state index contributed by atoms with van der Waals surface area (Å²) in [6, 6.07) is 3.11. The van der Waals surface area contributed by atoms with Crippen molar-refractivity contribution in [2.24, 2.45) is 0 Å². The van der Waals surface area contributed by atoms with Crippen molar-refractivity contribution >= 4 is 16.3 Å². The number of nitrogens with zero attached hydrogens (tertiary/aromatic N) is 2. The number of aldehydes is 1. The van der Waals surface area contributed by atoms with Crippen LogP contribution in [0.5, 0.6) is 0 Å². The van der Waals surface area contributed by atoms with Gasteiger partial charge in [-0.3, -0.25) is 4.79 Å². The van der Waals surface area contributed by atoms with Crippen LogP contribution < -0.4 is 0 Å². The first-order chi connectivity index (χ1) is 8.95. The molecule has 0 N–H and O–H groups in total. The third-order valence-corrected chi connectivity index (χ3v) is 5.24. The highest BCUT2D eigenvalue weighted by atomic mass is 32.2. The molecule has 0 saturated carbocycles. The third-order valence-electron chi connectivity index (χ3n) is 3.47. The lowest BCUT2D eigenvalue weighted by molar-refractivity contribution is 0.109. The molecule has 0 spiro atoms. The average Bonchev–Trinajstić information content (AvgIpc) is 2.88. The summed E-state index contributed by atoms with van der Waals surface area (Å²) in [7, 11) is 0.384. The Labute approximate surface area is 113 Å². The van der Waals surface area contributed by atoms with Gasteiger partial charge in [0.05, 0.1) is 0 Å². The fourth-order valence-electron chi connectivity index (χ4n) is 2.26. The van der Waals surface area contributed by atoms with Crippen LogP contribution in [0.15, 0.2) is 21.6 Å². The van der Waals surface area contributed by atoms with E-state index in [2.05, 4.69) is 4.90 Å². The Morgan fingerprint density at radius 1 is 1.32 bits per heavy atom. The van der Waals surface area contributed by atoms with Crippen molar-refractivity contribution in [3.63, 3.8) is 0 Å². The van der Waals surface area contributed by atoms with E-state index in [9.17, 15) is 13.2 Å². The molecular formula is C12H18N2O4S. The largest absolute Gasteiger partial charge is 0.440 e. The molecule has 6 nitrogen and oxygen atoms in total. The van der Waals surface area contributed by atoms with Gasteiger partial charge in [-0.25, -0.2) is 8.42 Å². The lowest BCUT2D eigenvalue weighted by atomic mass is 10.1. The van der Waals surface area contributed by atoms with Crippen molar-refractivity contribution in [3.8, 4) is 0 Å². The van der Waals surface area contributed by atoms with Gasteiger partial charge in [0, 0.05) is 19.1 Å². The zero-order valence-corrected chi connectivity index (χ0v) is 11.9. The Hall–Kier alpha value is -1.18. The quantitative estimate of drug-likeness (QED) is 0.766. The molecule has 1 fully saturated rings. The van der Waals surface area contributed by atoms with Crippen LogP contribution in [0.1, 0.15) is 23.4 Å². The molecule has 1 aliphatic rings. The normalized spacial score (nSPS) is 18.9. The van der Waals surface area contributed by atoms with E-state index in [0.29, 0.717) is 25.4 Å². The highest BCUT2D eigenvalue weighted by Gasteiger charge is 2.32. The maximum atomic E-state index is 12.3. The summed E-state index contributed by atoms with van der Waals surface area (Å²) < 4.78 is 31.0. The number of hydrogen-bond donors (Lipinski definition) is 0. The van der Waals surface area contributed by atoms with Crippen LogP contribution in [-0.4, -0.2) is 57.1 Å². The fourth-order valence-corrected chi connectivity index (χ4v) is 3.65. The van der Waals surface area contributed by atoms with Crippen LogP contribution in [0.4, 0.5) is 0 Å². The number of furan rings is 1. The first-order valence-corrected chi connectivity index (χ1v) is 7.60. The number of carbonyl (C=O) groups is 1. The summed E-state index contributed by atoms with van der Waals surface area (Å²) in [6.07, 6.45) is 2.10. The summed E-state index contributed by atoms with van der Waals surface area (Å²) >= 11 is 0. The van der Waals surface area contributed by atoms with Crippen molar-refractivity contribution in [3.05, 3.63) is 17.9 Å². The smallest absolute Gasteiger partial charge is 0.276 e. The molecule has 7 heteroatoms. The van der Waals surface area contributed by atoms with Gasteiger partial charge in [0.15, 0.2) is 12.0 Å². The van der Waals surface area contributed by atoms with Crippen molar-refractivity contribution < 1.29 is 17.6 Å². The van der Waals surface area contributed by atoms with Gasteiger partial charge < -0.3 is 9.32 Å². The van der Waals surface area contributed by atoms with Gasteiger partial charge in [0.1, 0.15) is 0 Å². The molecule has 1 aromatic rings. The molecule has 1 aliphatic heterocycles. The second kappa shape index (κ2) is 5.44. The zero-order valence-electron chi connectivity index (χ0n) is 11.1. The molecule has 19 heavy (non-hydrogen) atoms. The van der Waals surface area contributed by atoms with E-state index in [1.165, 1.54) is 16.4 Å². The predicted molar refractivity (Wildman–Crippen MR) is 69.6 cm³/mol. The van der Waals surface area contributed by atoms with Gasteiger partial charge in [-0.2, -0.15) is 4.31 Å². The first kappa shape index (κ1) is 14.2. The number of hydrogen-bond acceptors (Lipinski definition) is 5. The molecule has 106 valence electrons. The van der Waals surface area contributed by atoms with Crippen LogP contribution >= 0.6 is 0 Å². The number of sulfonamides is 1. The topological polar surface area (TPSA) is 70.8 Å². The van der Waals surface area contributed by atoms with Crippen LogP contribution in [0.25, 0.3) is 0 Å². The van der Waals surface area contributed by atoms with Crippen molar-refractivity contribution in [2.75, 3.05) is 27.2 Å². The van der Waals surface area contributed by atoms with E-state index < -0.39 is 10.0 Å². The first-order valence-electron chi connectivity index (χ1n) is 6.16. The summed E-state index contributed by atoms with van der Waals surface area (Å²) in [4.78, 5) is 12.6. The number of rotatable bonds is 4. The van der Waals surface area contributed by atoms with E-state index in [4.69, 9.17) is 4.42 Å². The lowest BCUT2D eigenvalue weighted by Crippen LogP contribution is -2.44. The molecule has 0 aliphatic carbocycles.